The van der Waals surface area contributed by atoms with Crippen molar-refractivity contribution in [2.45, 2.75) is 6.04 Å². The number of para-hydroxylation sites is 1. The first-order valence-electron chi connectivity index (χ1n) is 9.24. The molecule has 0 saturated carbocycles. The molecule has 1 aliphatic rings. The van der Waals surface area contributed by atoms with Gasteiger partial charge in [0.2, 0.25) is 5.76 Å². The monoisotopic (exact) mass is 418 g/mol. The lowest BCUT2D eigenvalue weighted by Crippen LogP contribution is -2.30. The number of nitrogens with zero attached hydrogens (tertiary/aromatic N) is 2. The van der Waals surface area contributed by atoms with E-state index >= 15 is 0 Å². The Morgan fingerprint density at radius 3 is 2.63 bits per heavy atom. The molecule has 0 N–H and O–H groups in total. The fraction of sp³-hybridized carbons (Fsp3) is 0.0870. The maximum Gasteiger partial charge on any atom is 0.296 e. The van der Waals surface area contributed by atoms with Crippen molar-refractivity contribution in [1.82, 2.24) is 4.98 Å². The number of pyridine rings is 1. The topological polar surface area (TPSA) is 72.6 Å². The third-order valence-corrected chi connectivity index (χ3v) is 5.40. The summed E-state index contributed by atoms with van der Waals surface area (Å²) in [5.41, 5.74) is 0.894. The van der Waals surface area contributed by atoms with Gasteiger partial charge in [0.25, 0.3) is 5.91 Å². The number of anilines is 1. The number of halogens is 1. The number of hydrogen-bond donors (Lipinski definition) is 0. The van der Waals surface area contributed by atoms with Crippen molar-refractivity contribution in [3.63, 3.8) is 0 Å². The lowest BCUT2D eigenvalue weighted by molar-refractivity contribution is 0.0970. The number of rotatable bonds is 3. The number of carbonyl (C=O) groups excluding carboxylic acids is 1. The van der Waals surface area contributed by atoms with Crippen molar-refractivity contribution >= 4 is 34.3 Å². The molecule has 2 aromatic carbocycles. The van der Waals surface area contributed by atoms with Crippen LogP contribution in [0.1, 0.15) is 27.7 Å². The maximum absolute atomic E-state index is 13.5. The summed E-state index contributed by atoms with van der Waals surface area (Å²) in [4.78, 5) is 32.8. The highest BCUT2D eigenvalue weighted by Crippen LogP contribution is 2.43. The van der Waals surface area contributed by atoms with Crippen molar-refractivity contribution < 1.29 is 13.9 Å². The Morgan fingerprint density at radius 2 is 1.87 bits per heavy atom. The second-order valence-electron chi connectivity index (χ2n) is 6.82. The molecule has 0 radical (unpaired) electrons. The van der Waals surface area contributed by atoms with Crippen LogP contribution < -0.4 is 15.1 Å². The van der Waals surface area contributed by atoms with Crippen molar-refractivity contribution in [3.05, 3.63) is 99.0 Å². The summed E-state index contributed by atoms with van der Waals surface area (Å²) in [5, 5.41) is 0.728. The fourth-order valence-corrected chi connectivity index (χ4v) is 4.04. The van der Waals surface area contributed by atoms with E-state index in [1.54, 1.807) is 55.8 Å². The van der Waals surface area contributed by atoms with Crippen LogP contribution in [0.2, 0.25) is 5.02 Å². The van der Waals surface area contributed by atoms with Gasteiger partial charge in [-0.3, -0.25) is 14.5 Å². The van der Waals surface area contributed by atoms with Crippen LogP contribution in [0.5, 0.6) is 5.75 Å². The van der Waals surface area contributed by atoms with Gasteiger partial charge in [-0.15, -0.1) is 0 Å². The second kappa shape index (κ2) is 7.00. The van der Waals surface area contributed by atoms with Crippen LogP contribution in [-0.2, 0) is 0 Å². The number of ether oxygens (including phenoxy) is 1. The van der Waals surface area contributed by atoms with Gasteiger partial charge in [-0.05, 0) is 36.4 Å². The zero-order valence-corrected chi connectivity index (χ0v) is 16.6. The van der Waals surface area contributed by atoms with Gasteiger partial charge in [0.05, 0.1) is 18.1 Å². The molecule has 30 heavy (non-hydrogen) atoms. The molecule has 5 rings (SSSR count). The van der Waals surface area contributed by atoms with Gasteiger partial charge in [-0.25, -0.2) is 4.98 Å². The highest BCUT2D eigenvalue weighted by molar-refractivity contribution is 6.31. The molecule has 1 unspecified atom stereocenters. The van der Waals surface area contributed by atoms with Crippen LogP contribution in [0, 0.1) is 0 Å². The molecule has 0 aliphatic carbocycles. The van der Waals surface area contributed by atoms with Crippen LogP contribution in [0.25, 0.3) is 11.0 Å². The molecule has 1 aliphatic heterocycles. The molecular weight excluding hydrogens is 404 g/mol. The predicted octanol–water partition coefficient (Wildman–Crippen LogP) is 4.60. The van der Waals surface area contributed by atoms with Gasteiger partial charge in [0.15, 0.2) is 5.43 Å². The molecule has 6 nitrogen and oxygen atoms in total. The lowest BCUT2D eigenvalue weighted by atomic mass is 9.97. The van der Waals surface area contributed by atoms with Crippen molar-refractivity contribution in [2.24, 2.45) is 0 Å². The first-order valence-corrected chi connectivity index (χ1v) is 9.61. The number of benzene rings is 2. The number of fused-ring (bicyclic) bond motifs is 2. The van der Waals surface area contributed by atoms with Crippen molar-refractivity contribution in [1.29, 1.82) is 0 Å². The number of methoxy groups -OCH3 is 1. The second-order valence-corrected chi connectivity index (χ2v) is 7.26. The SMILES string of the molecule is COc1ccccc1C1c2c(oc3ccc(Cl)cc3c2=O)C(=O)N1c1ccccn1. The van der Waals surface area contributed by atoms with E-state index in [0.29, 0.717) is 33.1 Å². The van der Waals surface area contributed by atoms with Crippen molar-refractivity contribution in [3.8, 4) is 5.75 Å². The van der Waals surface area contributed by atoms with Crippen LogP contribution in [0.15, 0.2) is 76.1 Å². The first kappa shape index (κ1) is 18.4. The molecule has 2 aromatic heterocycles. The number of aromatic nitrogens is 1. The first-order chi connectivity index (χ1) is 14.6. The fourth-order valence-electron chi connectivity index (χ4n) is 3.86. The molecule has 148 valence electrons. The normalized spacial score (nSPS) is 15.5. The van der Waals surface area contributed by atoms with Crippen LogP contribution in [-0.4, -0.2) is 18.0 Å². The van der Waals surface area contributed by atoms with Crippen LogP contribution in [0.3, 0.4) is 0 Å². The summed E-state index contributed by atoms with van der Waals surface area (Å²) in [6.45, 7) is 0. The Labute approximate surface area is 176 Å². The smallest absolute Gasteiger partial charge is 0.296 e. The predicted molar refractivity (Wildman–Crippen MR) is 113 cm³/mol. The average molecular weight is 419 g/mol. The van der Waals surface area contributed by atoms with E-state index in [9.17, 15) is 9.59 Å². The van der Waals surface area contributed by atoms with E-state index in [2.05, 4.69) is 4.98 Å². The Balaban J connectivity index is 1.86. The molecule has 3 heterocycles. The number of carbonyl (C=O) groups is 1. The zero-order valence-electron chi connectivity index (χ0n) is 15.8. The summed E-state index contributed by atoms with van der Waals surface area (Å²) in [6, 6.07) is 16.5. The minimum absolute atomic E-state index is 0.00335. The molecule has 1 amide bonds. The van der Waals surface area contributed by atoms with Gasteiger partial charge < -0.3 is 9.15 Å². The number of hydrogen-bond acceptors (Lipinski definition) is 5. The minimum Gasteiger partial charge on any atom is -0.496 e. The highest BCUT2D eigenvalue weighted by atomic mass is 35.5. The lowest BCUT2D eigenvalue weighted by Gasteiger charge is -2.25. The summed E-state index contributed by atoms with van der Waals surface area (Å²) in [6.07, 6.45) is 1.59. The molecule has 1 atom stereocenters. The third kappa shape index (κ3) is 2.69. The summed E-state index contributed by atoms with van der Waals surface area (Å²) in [7, 11) is 1.55. The van der Waals surface area contributed by atoms with Crippen molar-refractivity contribution in [2.75, 3.05) is 12.0 Å². The molecular formula is C23H15ClN2O4. The average Bonchev–Trinajstić information content (AvgIpc) is 3.07. The van der Waals surface area contributed by atoms with E-state index in [0.717, 1.165) is 0 Å². The molecule has 7 heteroatoms. The Kier molecular flexibility index (Phi) is 4.29. The molecule has 0 fully saturated rings. The van der Waals surface area contributed by atoms with Gasteiger partial charge in [-0.1, -0.05) is 35.9 Å². The van der Waals surface area contributed by atoms with E-state index in [4.69, 9.17) is 20.8 Å². The van der Waals surface area contributed by atoms with Gasteiger partial charge in [-0.2, -0.15) is 0 Å². The van der Waals surface area contributed by atoms with Gasteiger partial charge in [0, 0.05) is 16.8 Å². The standard InChI is InChI=1S/C23H15ClN2O4/c1-29-16-7-3-2-6-14(16)20-19-21(27)15-12-13(24)9-10-17(15)30-22(19)23(28)26(20)18-8-4-5-11-25-18/h2-12,20H,1H3. The summed E-state index contributed by atoms with van der Waals surface area (Å²) < 4.78 is 11.4. The third-order valence-electron chi connectivity index (χ3n) is 5.16. The Morgan fingerprint density at radius 1 is 1.07 bits per heavy atom. The number of amides is 1. The van der Waals surface area contributed by atoms with Crippen LogP contribution >= 0.6 is 11.6 Å². The molecule has 0 bridgehead atoms. The van der Waals surface area contributed by atoms with Crippen LogP contribution in [0.4, 0.5) is 5.82 Å². The summed E-state index contributed by atoms with van der Waals surface area (Å²) >= 11 is 6.11. The molecule has 0 saturated heterocycles. The molecule has 4 aromatic rings. The quantitative estimate of drug-likeness (QED) is 0.486. The Hall–Kier alpha value is -3.64. The highest BCUT2D eigenvalue weighted by Gasteiger charge is 2.45. The van der Waals surface area contributed by atoms with Gasteiger partial charge >= 0.3 is 0 Å². The van der Waals surface area contributed by atoms with E-state index in [-0.39, 0.29) is 16.8 Å². The minimum atomic E-state index is -0.752. The zero-order chi connectivity index (χ0) is 20.8. The summed E-state index contributed by atoms with van der Waals surface area (Å²) in [5.74, 6) is 0.519. The Bertz CT molecular complexity index is 1350. The largest absolute Gasteiger partial charge is 0.496 e. The maximum atomic E-state index is 13.5. The van der Waals surface area contributed by atoms with Gasteiger partial charge in [0.1, 0.15) is 23.2 Å². The van der Waals surface area contributed by atoms with E-state index in [1.807, 2.05) is 18.2 Å². The molecule has 0 spiro atoms. The van der Waals surface area contributed by atoms with E-state index < -0.39 is 11.9 Å². The van der Waals surface area contributed by atoms with E-state index in [1.165, 1.54) is 4.90 Å².